The fourth-order valence-corrected chi connectivity index (χ4v) is 10.1. The zero-order valence-corrected chi connectivity index (χ0v) is 37.3. The fraction of sp³-hybridized carbons (Fsp3) is 0.396. The second kappa shape index (κ2) is 18.3. The van der Waals surface area contributed by atoms with E-state index in [0.29, 0.717) is 22.3 Å². The third kappa shape index (κ3) is 8.81. The first-order valence-corrected chi connectivity index (χ1v) is 22.8. The standard InChI is InChI=1S/C48H54N8O6S/c1-6-31(5)55-27-29(3)42-35(44(58)50-26-36-28(2)22-30(4)51-45(36)59)23-33(24-38(42)55)32-12-14-40(49-25-32)54-19-17-53(18-20-54)16-7-8-21-63-39-11-9-10-34-43(39)48(62)56(47(34)61)37-13-15-41(57)52-46(37)60/h9-12,14,22-25,27,31,37H,6-8,13,15-21,26H2,1-5H3,(H,50,58)(H,51,59)(H,52,57,60)/t31-,37?/m0/s1. The van der Waals surface area contributed by atoms with Crippen LogP contribution in [0.1, 0.15) is 105 Å². The number of aromatic amines is 1. The molecule has 2 saturated heterocycles. The van der Waals surface area contributed by atoms with Crippen LogP contribution in [0.5, 0.6) is 0 Å². The van der Waals surface area contributed by atoms with E-state index >= 15 is 0 Å². The number of imide groups is 2. The van der Waals surface area contributed by atoms with Crippen LogP contribution in [0, 0.1) is 20.8 Å². The number of aromatic nitrogens is 3. The summed E-state index contributed by atoms with van der Waals surface area (Å²) >= 11 is 1.55. The number of anilines is 1. The van der Waals surface area contributed by atoms with Crippen LogP contribution in [0.4, 0.5) is 5.82 Å². The molecule has 0 spiro atoms. The van der Waals surface area contributed by atoms with Crippen molar-refractivity contribution in [3.05, 3.63) is 110 Å². The van der Waals surface area contributed by atoms with Crippen molar-refractivity contribution in [3.8, 4) is 11.1 Å². The van der Waals surface area contributed by atoms with E-state index in [0.717, 1.165) is 112 Å². The predicted octanol–water partition coefficient (Wildman–Crippen LogP) is 6.31. The van der Waals surface area contributed by atoms with Gasteiger partial charge in [0.05, 0.1) is 11.1 Å². The quantitative estimate of drug-likeness (QED) is 0.0653. The molecule has 1 unspecified atom stereocenters. The van der Waals surface area contributed by atoms with Crippen LogP contribution < -0.4 is 21.1 Å². The van der Waals surface area contributed by atoms with Crippen LogP contribution in [-0.4, -0.2) is 98.4 Å². The molecule has 328 valence electrons. The lowest BCUT2D eigenvalue weighted by Gasteiger charge is -2.35. The second-order valence-corrected chi connectivity index (χ2v) is 18.1. The molecule has 0 saturated carbocycles. The lowest BCUT2D eigenvalue weighted by atomic mass is 9.98. The Morgan fingerprint density at radius 1 is 0.937 bits per heavy atom. The summed E-state index contributed by atoms with van der Waals surface area (Å²) in [5, 5.41) is 6.19. The number of rotatable bonds is 14. The molecule has 3 N–H and O–H groups in total. The van der Waals surface area contributed by atoms with Gasteiger partial charge in [0.25, 0.3) is 23.3 Å². The van der Waals surface area contributed by atoms with E-state index in [2.05, 4.69) is 68.2 Å². The zero-order valence-electron chi connectivity index (χ0n) is 36.5. The van der Waals surface area contributed by atoms with E-state index in [1.807, 2.05) is 45.2 Å². The van der Waals surface area contributed by atoms with E-state index in [-0.39, 0.29) is 36.9 Å². The van der Waals surface area contributed by atoms with E-state index in [1.54, 1.807) is 23.9 Å². The number of benzene rings is 2. The molecule has 5 amide bonds. The first-order chi connectivity index (χ1) is 30.3. The number of unbranched alkanes of at least 4 members (excludes halogenated alkanes) is 1. The first-order valence-electron chi connectivity index (χ1n) is 21.9. The van der Waals surface area contributed by atoms with Gasteiger partial charge in [-0.25, -0.2) is 4.98 Å². The summed E-state index contributed by atoms with van der Waals surface area (Å²) in [4.78, 5) is 91.8. The van der Waals surface area contributed by atoms with Crippen molar-refractivity contribution in [1.29, 1.82) is 0 Å². The van der Waals surface area contributed by atoms with Gasteiger partial charge in [0.1, 0.15) is 11.9 Å². The number of nitrogens with zero attached hydrogens (tertiary/aromatic N) is 5. The topological polar surface area (TPSA) is 170 Å². The van der Waals surface area contributed by atoms with Crippen molar-refractivity contribution in [2.75, 3.05) is 43.4 Å². The molecule has 0 bridgehead atoms. The number of nitrogens with one attached hydrogen (secondary N) is 3. The smallest absolute Gasteiger partial charge is 0.263 e. The Hall–Kier alpha value is -6.06. The lowest BCUT2D eigenvalue weighted by molar-refractivity contribution is -0.136. The summed E-state index contributed by atoms with van der Waals surface area (Å²) in [6, 6.07) is 14.6. The van der Waals surface area contributed by atoms with Gasteiger partial charge < -0.3 is 19.8 Å². The van der Waals surface area contributed by atoms with Crippen LogP contribution in [-0.2, 0) is 16.1 Å². The number of thioether (sulfide) groups is 1. The number of aryl methyl sites for hydroxylation is 3. The fourth-order valence-electron chi connectivity index (χ4n) is 9.03. The molecule has 8 rings (SSSR count). The SMILES string of the molecule is CC[C@H](C)n1cc(C)c2c(C(=O)NCc3c(C)cc(C)[nH]c3=O)cc(-c3ccc(N4CCN(CCCCSc5cccc6c5C(=O)N(C5CCC(=O)NC5=O)C6=O)CC4)nc3)cc21. The molecule has 3 aromatic heterocycles. The highest BCUT2D eigenvalue weighted by Gasteiger charge is 2.45. The first kappa shape index (κ1) is 43.6. The zero-order chi connectivity index (χ0) is 44.5. The molecule has 0 radical (unpaired) electrons. The van der Waals surface area contributed by atoms with Gasteiger partial charge in [-0.3, -0.25) is 43.9 Å². The van der Waals surface area contributed by atoms with Gasteiger partial charge >= 0.3 is 0 Å². The average molecular weight is 871 g/mol. The third-order valence-electron chi connectivity index (χ3n) is 12.7. The van der Waals surface area contributed by atoms with Crippen molar-refractivity contribution in [1.82, 2.24) is 35.0 Å². The Morgan fingerprint density at radius 2 is 1.73 bits per heavy atom. The third-order valence-corrected chi connectivity index (χ3v) is 13.8. The minimum Gasteiger partial charge on any atom is -0.354 e. The number of amides is 5. The number of piperidine rings is 1. The molecule has 2 aromatic carbocycles. The minimum atomic E-state index is -0.979. The normalized spacial score (nSPS) is 17.4. The maximum atomic E-state index is 14.0. The molecule has 2 atom stereocenters. The highest BCUT2D eigenvalue weighted by molar-refractivity contribution is 7.99. The molecule has 2 fully saturated rings. The van der Waals surface area contributed by atoms with Crippen molar-refractivity contribution in [2.45, 2.75) is 90.2 Å². The monoisotopic (exact) mass is 870 g/mol. The van der Waals surface area contributed by atoms with Crippen molar-refractivity contribution in [2.24, 2.45) is 0 Å². The predicted molar refractivity (Wildman–Crippen MR) is 244 cm³/mol. The van der Waals surface area contributed by atoms with E-state index in [1.165, 1.54) is 0 Å². The number of carbonyl (C=O) groups excluding carboxylic acids is 5. The van der Waals surface area contributed by atoms with Gasteiger partial charge in [-0.2, -0.15) is 0 Å². The summed E-state index contributed by atoms with van der Waals surface area (Å²) < 4.78 is 2.25. The van der Waals surface area contributed by atoms with Crippen LogP contribution in [0.15, 0.2) is 70.6 Å². The molecule has 63 heavy (non-hydrogen) atoms. The van der Waals surface area contributed by atoms with Crippen molar-refractivity contribution >= 4 is 58.0 Å². The summed E-state index contributed by atoms with van der Waals surface area (Å²) in [5.74, 6) is -0.512. The van der Waals surface area contributed by atoms with Gasteiger partial charge in [0.15, 0.2) is 0 Å². The second-order valence-electron chi connectivity index (χ2n) is 16.9. The number of pyridine rings is 2. The molecule has 3 aliphatic rings. The molecule has 0 aliphatic carbocycles. The molecular formula is C48H54N8O6S. The highest BCUT2D eigenvalue weighted by atomic mass is 32.2. The maximum absolute atomic E-state index is 14.0. The number of piperazine rings is 1. The average Bonchev–Trinajstić information content (AvgIpc) is 3.74. The Morgan fingerprint density at radius 3 is 2.44 bits per heavy atom. The molecular weight excluding hydrogens is 817 g/mol. The van der Waals surface area contributed by atoms with E-state index in [4.69, 9.17) is 4.98 Å². The Bertz CT molecular complexity index is 2680. The van der Waals surface area contributed by atoms with E-state index < -0.39 is 29.7 Å². The Balaban J connectivity index is 0.867. The maximum Gasteiger partial charge on any atom is 0.263 e. The van der Waals surface area contributed by atoms with Crippen LogP contribution in [0.3, 0.4) is 0 Å². The molecule has 5 aromatic rings. The van der Waals surface area contributed by atoms with Crippen molar-refractivity contribution in [3.63, 3.8) is 0 Å². The van der Waals surface area contributed by atoms with Crippen LogP contribution in [0.25, 0.3) is 22.0 Å². The van der Waals surface area contributed by atoms with E-state index in [9.17, 15) is 28.8 Å². The Kier molecular flexibility index (Phi) is 12.7. The van der Waals surface area contributed by atoms with Crippen LogP contribution >= 0.6 is 11.8 Å². The summed E-state index contributed by atoms with van der Waals surface area (Å²) in [6.07, 6.45) is 7.08. The van der Waals surface area contributed by atoms with Gasteiger partial charge in [0, 0.05) is 95.8 Å². The minimum absolute atomic E-state index is 0.0874. The largest absolute Gasteiger partial charge is 0.354 e. The van der Waals surface area contributed by atoms with Gasteiger partial charge in [0.2, 0.25) is 11.8 Å². The van der Waals surface area contributed by atoms with Crippen LogP contribution in [0.2, 0.25) is 0 Å². The number of H-pyrrole nitrogens is 1. The summed E-state index contributed by atoms with van der Waals surface area (Å²) in [7, 11) is 0. The molecule has 15 heteroatoms. The highest BCUT2D eigenvalue weighted by Crippen LogP contribution is 2.36. The molecule has 3 aliphatic heterocycles. The number of hydrogen-bond donors (Lipinski definition) is 3. The van der Waals surface area contributed by atoms with Gasteiger partial charge in [-0.05, 0) is 125 Å². The number of carbonyl (C=O) groups is 5. The molecule has 6 heterocycles. The van der Waals surface area contributed by atoms with Gasteiger partial charge in [-0.15, -0.1) is 11.8 Å². The Labute approximate surface area is 370 Å². The number of hydrogen-bond acceptors (Lipinski definition) is 10. The lowest BCUT2D eigenvalue weighted by Crippen LogP contribution is -2.54. The number of fused-ring (bicyclic) bond motifs is 2. The van der Waals surface area contributed by atoms with Crippen molar-refractivity contribution < 1.29 is 24.0 Å². The summed E-state index contributed by atoms with van der Waals surface area (Å²) in [6.45, 7) is 14.7. The molecule has 14 nitrogen and oxygen atoms in total. The van der Waals surface area contributed by atoms with Gasteiger partial charge in [-0.1, -0.05) is 13.0 Å². The summed E-state index contributed by atoms with van der Waals surface area (Å²) in [5.41, 5.74) is 7.00.